The molecule has 3 rings (SSSR count). The van der Waals surface area contributed by atoms with Gasteiger partial charge in [-0.1, -0.05) is 18.2 Å². The summed E-state index contributed by atoms with van der Waals surface area (Å²) in [6.45, 7) is 0.0352. The van der Waals surface area contributed by atoms with E-state index in [9.17, 15) is 0 Å². The summed E-state index contributed by atoms with van der Waals surface area (Å²) in [6.07, 6.45) is 3.41. The second kappa shape index (κ2) is 3.73. The van der Waals surface area contributed by atoms with E-state index in [4.69, 9.17) is 9.52 Å². The van der Waals surface area contributed by atoms with Gasteiger partial charge in [0.15, 0.2) is 0 Å². The van der Waals surface area contributed by atoms with Gasteiger partial charge in [-0.25, -0.2) is 4.98 Å². The van der Waals surface area contributed by atoms with Crippen molar-refractivity contribution in [2.24, 2.45) is 0 Å². The Hall–Kier alpha value is -1.65. The number of rotatable bonds is 2. The number of furan rings is 1. The first kappa shape index (κ1) is 9.57. The van der Waals surface area contributed by atoms with Crippen LogP contribution in [0.5, 0.6) is 0 Å². The summed E-state index contributed by atoms with van der Waals surface area (Å²) >= 11 is 1.48. The fourth-order valence-corrected chi connectivity index (χ4v) is 2.44. The Morgan fingerprint density at radius 1 is 1.31 bits per heavy atom. The van der Waals surface area contributed by atoms with E-state index >= 15 is 0 Å². The van der Waals surface area contributed by atoms with Gasteiger partial charge in [0.1, 0.15) is 16.9 Å². The van der Waals surface area contributed by atoms with Crippen LogP contribution < -0.4 is 0 Å². The standard InChI is InChI=1S/C12H9NO2S/c14-6-8-5-13-12(16-8)10-7-15-11-4-2-1-3-9(10)11/h1-5,7,14H,6H2. The smallest absolute Gasteiger partial charge is 0.134 e. The molecule has 2 aromatic heterocycles. The van der Waals surface area contributed by atoms with Crippen LogP contribution in [0.3, 0.4) is 0 Å². The van der Waals surface area contributed by atoms with Crippen molar-refractivity contribution in [2.75, 3.05) is 0 Å². The zero-order valence-electron chi connectivity index (χ0n) is 8.38. The van der Waals surface area contributed by atoms with Crippen LogP contribution in [0.15, 0.2) is 41.1 Å². The Bertz CT molecular complexity index is 627. The molecular weight excluding hydrogens is 222 g/mol. The second-order valence-corrected chi connectivity index (χ2v) is 4.55. The lowest BCUT2D eigenvalue weighted by Crippen LogP contribution is -1.70. The van der Waals surface area contributed by atoms with Crippen molar-refractivity contribution in [1.82, 2.24) is 4.98 Å². The number of thiazole rings is 1. The molecule has 0 saturated heterocycles. The lowest BCUT2D eigenvalue weighted by atomic mass is 10.2. The number of nitrogens with zero attached hydrogens (tertiary/aromatic N) is 1. The maximum absolute atomic E-state index is 9.01. The number of hydrogen-bond donors (Lipinski definition) is 1. The molecule has 0 bridgehead atoms. The second-order valence-electron chi connectivity index (χ2n) is 3.44. The molecule has 0 unspecified atom stereocenters. The maximum Gasteiger partial charge on any atom is 0.134 e. The van der Waals surface area contributed by atoms with E-state index in [-0.39, 0.29) is 6.61 Å². The van der Waals surface area contributed by atoms with Gasteiger partial charge in [-0.15, -0.1) is 11.3 Å². The van der Waals surface area contributed by atoms with E-state index in [1.807, 2.05) is 24.3 Å². The molecule has 0 aliphatic rings. The molecule has 80 valence electrons. The first-order valence-corrected chi connectivity index (χ1v) is 5.72. The third-order valence-corrected chi connectivity index (χ3v) is 3.44. The summed E-state index contributed by atoms with van der Waals surface area (Å²) in [5.74, 6) is 0. The van der Waals surface area contributed by atoms with Gasteiger partial charge in [-0.3, -0.25) is 0 Å². The highest BCUT2D eigenvalue weighted by Gasteiger charge is 2.10. The molecule has 2 heterocycles. The van der Waals surface area contributed by atoms with Crippen LogP contribution in [0.4, 0.5) is 0 Å². The van der Waals surface area contributed by atoms with Gasteiger partial charge in [0.25, 0.3) is 0 Å². The Kier molecular flexibility index (Phi) is 2.23. The highest BCUT2D eigenvalue weighted by atomic mass is 32.1. The largest absolute Gasteiger partial charge is 0.464 e. The first-order chi connectivity index (χ1) is 7.88. The van der Waals surface area contributed by atoms with Crippen LogP contribution in [-0.4, -0.2) is 10.1 Å². The number of hydrogen-bond acceptors (Lipinski definition) is 4. The minimum absolute atomic E-state index is 0.0352. The fourth-order valence-electron chi connectivity index (χ4n) is 1.65. The molecule has 3 aromatic rings. The van der Waals surface area contributed by atoms with E-state index in [1.54, 1.807) is 12.5 Å². The molecule has 0 aliphatic carbocycles. The molecular formula is C12H9NO2S. The fraction of sp³-hybridized carbons (Fsp3) is 0.0833. The number of aromatic nitrogens is 1. The van der Waals surface area contributed by atoms with Crippen LogP contribution in [-0.2, 0) is 6.61 Å². The summed E-state index contributed by atoms with van der Waals surface area (Å²) in [5.41, 5.74) is 1.85. The van der Waals surface area contributed by atoms with Crippen molar-refractivity contribution < 1.29 is 9.52 Å². The van der Waals surface area contributed by atoms with Crippen molar-refractivity contribution in [3.05, 3.63) is 41.6 Å². The molecule has 3 nitrogen and oxygen atoms in total. The third-order valence-electron chi connectivity index (χ3n) is 2.42. The van der Waals surface area contributed by atoms with Gasteiger partial charge in [-0.05, 0) is 6.07 Å². The van der Waals surface area contributed by atoms with Gasteiger partial charge in [-0.2, -0.15) is 0 Å². The highest BCUT2D eigenvalue weighted by Crippen LogP contribution is 2.32. The molecule has 0 saturated carbocycles. The molecule has 0 spiro atoms. The van der Waals surface area contributed by atoms with Crippen molar-refractivity contribution in [1.29, 1.82) is 0 Å². The topological polar surface area (TPSA) is 46.3 Å². The molecule has 1 aromatic carbocycles. The van der Waals surface area contributed by atoms with Crippen LogP contribution in [0.1, 0.15) is 4.88 Å². The lowest BCUT2D eigenvalue weighted by molar-refractivity contribution is 0.285. The Balaban J connectivity index is 2.18. The van der Waals surface area contributed by atoms with Crippen molar-refractivity contribution in [3.63, 3.8) is 0 Å². The van der Waals surface area contributed by atoms with Gasteiger partial charge in [0.2, 0.25) is 0 Å². The van der Waals surface area contributed by atoms with E-state index in [0.29, 0.717) is 0 Å². The zero-order chi connectivity index (χ0) is 11.0. The van der Waals surface area contributed by atoms with E-state index < -0.39 is 0 Å². The number of para-hydroxylation sites is 1. The van der Waals surface area contributed by atoms with E-state index in [1.165, 1.54) is 11.3 Å². The summed E-state index contributed by atoms with van der Waals surface area (Å²) in [7, 11) is 0. The highest BCUT2D eigenvalue weighted by molar-refractivity contribution is 7.15. The number of fused-ring (bicyclic) bond motifs is 1. The SMILES string of the molecule is OCc1cnc(-c2coc3ccccc23)s1. The van der Waals surface area contributed by atoms with Crippen molar-refractivity contribution in [3.8, 4) is 10.6 Å². The van der Waals surface area contributed by atoms with Crippen LogP contribution in [0.25, 0.3) is 21.5 Å². The number of aliphatic hydroxyl groups is 1. The Morgan fingerprint density at radius 3 is 3.00 bits per heavy atom. The van der Waals surface area contributed by atoms with E-state index in [2.05, 4.69) is 4.98 Å². The lowest BCUT2D eigenvalue weighted by Gasteiger charge is -1.90. The van der Waals surface area contributed by atoms with Gasteiger partial charge in [0.05, 0.1) is 17.0 Å². The molecule has 16 heavy (non-hydrogen) atoms. The van der Waals surface area contributed by atoms with Crippen LogP contribution in [0, 0.1) is 0 Å². The third kappa shape index (κ3) is 1.43. The molecule has 0 atom stereocenters. The maximum atomic E-state index is 9.01. The average molecular weight is 231 g/mol. The summed E-state index contributed by atoms with van der Waals surface area (Å²) < 4.78 is 5.45. The van der Waals surface area contributed by atoms with Gasteiger partial charge >= 0.3 is 0 Å². The van der Waals surface area contributed by atoms with E-state index in [0.717, 1.165) is 26.4 Å². The minimum Gasteiger partial charge on any atom is -0.464 e. The Labute approximate surface area is 96.0 Å². The predicted octanol–water partition coefficient (Wildman–Crippen LogP) is 3.05. The van der Waals surface area contributed by atoms with Gasteiger partial charge in [0, 0.05) is 11.6 Å². The normalized spacial score (nSPS) is 11.1. The summed E-state index contributed by atoms with van der Waals surface area (Å²) in [5, 5.41) is 10.9. The number of benzene rings is 1. The molecule has 0 aliphatic heterocycles. The molecule has 1 N–H and O–H groups in total. The van der Waals surface area contributed by atoms with Gasteiger partial charge < -0.3 is 9.52 Å². The summed E-state index contributed by atoms with van der Waals surface area (Å²) in [4.78, 5) is 5.14. The first-order valence-electron chi connectivity index (χ1n) is 4.90. The monoisotopic (exact) mass is 231 g/mol. The average Bonchev–Trinajstić information content (AvgIpc) is 2.94. The van der Waals surface area contributed by atoms with Crippen molar-refractivity contribution in [2.45, 2.75) is 6.61 Å². The predicted molar refractivity (Wildman–Crippen MR) is 63.2 cm³/mol. The van der Waals surface area contributed by atoms with Crippen LogP contribution in [0.2, 0.25) is 0 Å². The van der Waals surface area contributed by atoms with Crippen molar-refractivity contribution >= 4 is 22.3 Å². The molecule has 4 heteroatoms. The van der Waals surface area contributed by atoms with Crippen LogP contribution >= 0.6 is 11.3 Å². The minimum atomic E-state index is 0.0352. The molecule has 0 amide bonds. The quantitative estimate of drug-likeness (QED) is 0.737. The molecule has 0 radical (unpaired) electrons. The number of aliphatic hydroxyl groups excluding tert-OH is 1. The zero-order valence-corrected chi connectivity index (χ0v) is 9.20. The summed E-state index contributed by atoms with van der Waals surface area (Å²) in [6, 6.07) is 7.85. The molecule has 0 fully saturated rings. The Morgan fingerprint density at radius 2 is 2.19 bits per heavy atom.